The lowest BCUT2D eigenvalue weighted by molar-refractivity contribution is 1.05. The molecule has 1 N–H and O–H groups in total. The van der Waals surface area contributed by atoms with Gasteiger partial charge in [0.2, 0.25) is 0 Å². The van der Waals surface area contributed by atoms with Crippen molar-refractivity contribution >= 4 is 55.1 Å². The van der Waals surface area contributed by atoms with E-state index >= 15 is 0 Å². The third kappa shape index (κ3) is 3.39. The van der Waals surface area contributed by atoms with Gasteiger partial charge in [0.1, 0.15) is 16.5 Å². The van der Waals surface area contributed by atoms with Crippen LogP contribution in [0.5, 0.6) is 0 Å². The molecule has 0 aliphatic heterocycles. The average Bonchev–Trinajstić information content (AvgIpc) is 2.95. The van der Waals surface area contributed by atoms with E-state index < -0.39 is 0 Å². The number of rotatable bonds is 5. The van der Waals surface area contributed by atoms with Crippen molar-refractivity contribution in [2.75, 3.05) is 11.9 Å². The number of anilines is 1. The van der Waals surface area contributed by atoms with Gasteiger partial charge >= 0.3 is 0 Å². The molecular weight excluding hydrogens is 366 g/mol. The van der Waals surface area contributed by atoms with Gasteiger partial charge in [0.05, 0.1) is 11.1 Å². The number of nitrogens with one attached hydrogen (secondary N) is 1. The first-order valence-electron chi connectivity index (χ1n) is 6.63. The van der Waals surface area contributed by atoms with Crippen molar-refractivity contribution in [3.8, 4) is 0 Å². The van der Waals surface area contributed by atoms with Gasteiger partial charge in [-0.15, -0.1) is 23.1 Å². The van der Waals surface area contributed by atoms with E-state index in [0.29, 0.717) is 0 Å². The molecule has 21 heavy (non-hydrogen) atoms. The van der Waals surface area contributed by atoms with Gasteiger partial charge in [0.15, 0.2) is 0 Å². The van der Waals surface area contributed by atoms with Crippen LogP contribution in [0.1, 0.15) is 12.7 Å². The molecule has 0 bridgehead atoms. The Kier molecular flexibility index (Phi) is 4.77. The zero-order valence-electron chi connectivity index (χ0n) is 11.5. The van der Waals surface area contributed by atoms with Gasteiger partial charge in [-0.25, -0.2) is 9.97 Å². The molecule has 3 rings (SSSR count). The number of benzene rings is 1. The second-order valence-corrected chi connectivity index (χ2v) is 7.14. The Bertz CT molecular complexity index is 758. The molecule has 3 nitrogen and oxygen atoms in total. The fourth-order valence-electron chi connectivity index (χ4n) is 1.97. The van der Waals surface area contributed by atoms with E-state index in [1.54, 1.807) is 23.1 Å². The lowest BCUT2D eigenvalue weighted by Crippen LogP contribution is -2.03. The second-order valence-electron chi connectivity index (χ2n) is 4.38. The summed E-state index contributed by atoms with van der Waals surface area (Å²) >= 11 is 6.97. The number of nitrogens with zero attached hydrogens (tertiary/aromatic N) is 2. The van der Waals surface area contributed by atoms with Crippen LogP contribution < -0.4 is 5.32 Å². The molecule has 0 aliphatic rings. The number of halogens is 1. The molecule has 0 radical (unpaired) electrons. The maximum absolute atomic E-state index is 4.66. The third-order valence-corrected chi connectivity index (χ3v) is 5.74. The molecule has 3 aromatic rings. The van der Waals surface area contributed by atoms with Crippen LogP contribution >= 0.6 is 39.0 Å². The number of fused-ring (bicyclic) bond motifs is 1. The summed E-state index contributed by atoms with van der Waals surface area (Å²) in [7, 11) is 0. The van der Waals surface area contributed by atoms with Gasteiger partial charge in [0.25, 0.3) is 0 Å². The summed E-state index contributed by atoms with van der Waals surface area (Å²) in [6.07, 6.45) is 0. The maximum atomic E-state index is 4.66. The van der Waals surface area contributed by atoms with E-state index in [0.717, 1.165) is 38.6 Å². The number of hydrogen-bond donors (Lipinski definition) is 1. The van der Waals surface area contributed by atoms with Crippen LogP contribution in [0.3, 0.4) is 0 Å². The van der Waals surface area contributed by atoms with E-state index in [-0.39, 0.29) is 0 Å². The Balaban J connectivity index is 1.85. The van der Waals surface area contributed by atoms with Gasteiger partial charge in [-0.2, -0.15) is 0 Å². The largest absolute Gasteiger partial charge is 0.370 e. The highest BCUT2D eigenvalue weighted by Crippen LogP contribution is 2.31. The monoisotopic (exact) mass is 379 g/mol. The van der Waals surface area contributed by atoms with Crippen LogP contribution in [0.2, 0.25) is 0 Å². The second kappa shape index (κ2) is 6.77. The maximum Gasteiger partial charge on any atom is 0.142 e. The molecule has 1 aromatic carbocycles. The number of hydrogen-bond acceptors (Lipinski definition) is 5. The van der Waals surface area contributed by atoms with Crippen molar-refractivity contribution in [2.24, 2.45) is 0 Å². The Morgan fingerprint density at radius 3 is 2.90 bits per heavy atom. The minimum absolute atomic E-state index is 0.759. The molecule has 0 saturated heterocycles. The van der Waals surface area contributed by atoms with Gasteiger partial charge in [0, 0.05) is 15.9 Å². The van der Waals surface area contributed by atoms with E-state index in [1.807, 2.05) is 12.1 Å². The molecule has 0 saturated carbocycles. The minimum Gasteiger partial charge on any atom is -0.370 e. The Morgan fingerprint density at radius 1 is 1.24 bits per heavy atom. The molecule has 2 heterocycles. The molecular formula is C15H14BrN3S2. The highest BCUT2D eigenvalue weighted by molar-refractivity contribution is 9.10. The van der Waals surface area contributed by atoms with Crippen LogP contribution in [-0.4, -0.2) is 16.5 Å². The van der Waals surface area contributed by atoms with Crippen LogP contribution in [0.4, 0.5) is 5.82 Å². The van der Waals surface area contributed by atoms with Crippen molar-refractivity contribution in [3.63, 3.8) is 0 Å². The first kappa shape index (κ1) is 14.8. The Morgan fingerprint density at radius 2 is 2.10 bits per heavy atom. The molecule has 108 valence electrons. The van der Waals surface area contributed by atoms with Crippen molar-refractivity contribution < 1.29 is 0 Å². The molecule has 2 aromatic heterocycles. The fourth-order valence-corrected chi connectivity index (χ4v) is 4.18. The van der Waals surface area contributed by atoms with Crippen molar-refractivity contribution in [3.05, 3.63) is 46.0 Å². The number of thioether (sulfide) groups is 1. The Hall–Kier alpha value is -1.11. The lowest BCUT2D eigenvalue weighted by Gasteiger charge is -2.07. The van der Waals surface area contributed by atoms with Crippen molar-refractivity contribution in [1.82, 2.24) is 9.97 Å². The van der Waals surface area contributed by atoms with Gasteiger partial charge in [-0.1, -0.05) is 12.1 Å². The smallest absolute Gasteiger partial charge is 0.142 e. The Labute approximate surface area is 140 Å². The van der Waals surface area contributed by atoms with Crippen LogP contribution in [0.15, 0.2) is 45.1 Å². The van der Waals surface area contributed by atoms with Gasteiger partial charge < -0.3 is 5.32 Å². The summed E-state index contributed by atoms with van der Waals surface area (Å²) in [4.78, 5) is 11.6. The first-order valence-corrected chi connectivity index (χ1v) is 9.29. The van der Waals surface area contributed by atoms with Crippen LogP contribution in [0.25, 0.3) is 10.2 Å². The predicted molar refractivity (Wildman–Crippen MR) is 95.3 cm³/mol. The van der Waals surface area contributed by atoms with E-state index in [1.165, 1.54) is 4.90 Å². The van der Waals surface area contributed by atoms with Crippen molar-refractivity contribution in [2.45, 2.75) is 17.6 Å². The summed E-state index contributed by atoms with van der Waals surface area (Å²) in [5.74, 6) is 2.56. The number of thiophene rings is 1. The predicted octanol–water partition coefficient (Wildman–Crippen LogP) is 5.18. The zero-order valence-corrected chi connectivity index (χ0v) is 14.7. The molecule has 0 spiro atoms. The standard InChI is InChI=1S/C15H14BrN3S2/c1-2-17-14-10-7-8-20-15(10)19-13(18-14)9-21-12-6-4-3-5-11(12)16/h3-8H,2,9H2,1H3,(H,17,18,19). The molecule has 0 aliphatic carbocycles. The summed E-state index contributed by atoms with van der Waals surface area (Å²) in [5.41, 5.74) is 0. The lowest BCUT2D eigenvalue weighted by atomic mass is 10.3. The molecule has 0 atom stereocenters. The molecule has 6 heteroatoms. The van der Waals surface area contributed by atoms with Crippen LogP contribution in [-0.2, 0) is 5.75 Å². The molecule has 0 unspecified atom stereocenters. The summed E-state index contributed by atoms with van der Waals surface area (Å²) in [5, 5.41) is 6.49. The van der Waals surface area contributed by atoms with E-state index in [9.17, 15) is 0 Å². The van der Waals surface area contributed by atoms with Crippen LogP contribution in [0, 0.1) is 0 Å². The van der Waals surface area contributed by atoms with E-state index in [2.05, 4.69) is 61.7 Å². The highest BCUT2D eigenvalue weighted by Gasteiger charge is 2.09. The third-order valence-electron chi connectivity index (χ3n) is 2.91. The minimum atomic E-state index is 0.759. The molecule has 0 fully saturated rings. The zero-order chi connectivity index (χ0) is 14.7. The average molecular weight is 380 g/mol. The number of aromatic nitrogens is 2. The summed E-state index contributed by atoms with van der Waals surface area (Å²) in [6.45, 7) is 2.94. The summed E-state index contributed by atoms with van der Waals surface area (Å²) in [6, 6.07) is 10.3. The van der Waals surface area contributed by atoms with Gasteiger partial charge in [-0.3, -0.25) is 0 Å². The van der Waals surface area contributed by atoms with E-state index in [4.69, 9.17) is 0 Å². The summed E-state index contributed by atoms with van der Waals surface area (Å²) < 4.78 is 1.11. The SMILES string of the molecule is CCNc1nc(CSc2ccccc2Br)nc2sccc12. The fraction of sp³-hybridized carbons (Fsp3) is 0.200. The molecule has 0 amide bonds. The van der Waals surface area contributed by atoms with Gasteiger partial charge in [-0.05, 0) is 46.4 Å². The quantitative estimate of drug-likeness (QED) is 0.619. The normalized spacial score (nSPS) is 11.0. The topological polar surface area (TPSA) is 37.8 Å². The first-order chi connectivity index (χ1) is 10.3. The highest BCUT2D eigenvalue weighted by atomic mass is 79.9. The van der Waals surface area contributed by atoms with Crippen molar-refractivity contribution in [1.29, 1.82) is 0 Å².